The van der Waals surface area contributed by atoms with E-state index in [9.17, 15) is 20.1 Å². The quantitative estimate of drug-likeness (QED) is 0.535. The summed E-state index contributed by atoms with van der Waals surface area (Å²) in [5, 5.41) is 29.7. The fourth-order valence-electron chi connectivity index (χ4n) is 2.53. The number of rotatable bonds is 4. The Bertz CT molecular complexity index is 534. The standard InChI is InChI=1S/C12H19N3O5/c1-2-4-12(6-16)9(18)8(17)10(20-12)15-5-3-7(13)14-11(15)19/h3,5,8-10,16-18H,2,4,6H2,1H3,(H2,13,14,19)/t8?,9?,10-,12-/m1/s1. The highest BCUT2D eigenvalue weighted by Gasteiger charge is 2.54. The van der Waals surface area contributed by atoms with E-state index in [0.717, 1.165) is 4.57 Å². The number of hydrogen-bond acceptors (Lipinski definition) is 7. The maximum atomic E-state index is 11.8. The molecule has 1 fully saturated rings. The normalized spacial score (nSPS) is 33.5. The zero-order valence-corrected chi connectivity index (χ0v) is 11.1. The SMILES string of the molecule is CCC[C@]1(CO)O[C@@H](n2ccc(N)nc2=O)C(O)C1O. The lowest BCUT2D eigenvalue weighted by Gasteiger charge is -2.29. The predicted octanol–water partition coefficient (Wildman–Crippen LogP) is -1.39. The van der Waals surface area contributed by atoms with Crippen LogP contribution in [0.2, 0.25) is 0 Å². The van der Waals surface area contributed by atoms with Crippen LogP contribution in [0.3, 0.4) is 0 Å². The molecule has 5 N–H and O–H groups in total. The minimum absolute atomic E-state index is 0.0567. The van der Waals surface area contributed by atoms with Gasteiger partial charge in [0, 0.05) is 6.20 Å². The van der Waals surface area contributed by atoms with Gasteiger partial charge in [-0.1, -0.05) is 13.3 Å². The molecule has 4 atom stereocenters. The molecular weight excluding hydrogens is 266 g/mol. The molecule has 8 nitrogen and oxygen atoms in total. The molecule has 8 heteroatoms. The summed E-state index contributed by atoms with van der Waals surface area (Å²) < 4.78 is 6.65. The first-order valence-electron chi connectivity index (χ1n) is 6.44. The van der Waals surface area contributed by atoms with Crippen molar-refractivity contribution < 1.29 is 20.1 Å². The van der Waals surface area contributed by atoms with Crippen LogP contribution >= 0.6 is 0 Å². The Morgan fingerprint density at radius 3 is 2.80 bits per heavy atom. The van der Waals surface area contributed by atoms with Crippen molar-refractivity contribution >= 4 is 5.82 Å². The first kappa shape index (κ1) is 14.9. The zero-order valence-electron chi connectivity index (χ0n) is 11.1. The summed E-state index contributed by atoms with van der Waals surface area (Å²) in [6.07, 6.45) is -1.39. The van der Waals surface area contributed by atoms with E-state index in [1.54, 1.807) is 0 Å². The van der Waals surface area contributed by atoms with Crippen LogP contribution in [0.15, 0.2) is 17.1 Å². The van der Waals surface area contributed by atoms with Gasteiger partial charge in [-0.15, -0.1) is 0 Å². The monoisotopic (exact) mass is 285 g/mol. The van der Waals surface area contributed by atoms with Gasteiger partial charge >= 0.3 is 5.69 Å². The Kier molecular flexibility index (Phi) is 4.09. The molecule has 2 rings (SSSR count). The summed E-state index contributed by atoms with van der Waals surface area (Å²) in [7, 11) is 0. The summed E-state index contributed by atoms with van der Waals surface area (Å²) in [6.45, 7) is 1.41. The lowest BCUT2D eigenvalue weighted by atomic mass is 9.91. The summed E-state index contributed by atoms with van der Waals surface area (Å²) in [5.74, 6) is 0.0567. The van der Waals surface area contributed by atoms with E-state index in [1.807, 2.05) is 6.92 Å². The highest BCUT2D eigenvalue weighted by atomic mass is 16.6. The van der Waals surface area contributed by atoms with Crippen LogP contribution in [0.25, 0.3) is 0 Å². The Hall–Kier alpha value is -1.48. The number of nitrogen functional groups attached to an aromatic ring is 1. The molecule has 112 valence electrons. The van der Waals surface area contributed by atoms with Crippen LogP contribution < -0.4 is 11.4 Å². The zero-order chi connectivity index (χ0) is 14.9. The second-order valence-corrected chi connectivity index (χ2v) is 4.96. The molecule has 0 bridgehead atoms. The number of nitrogens with two attached hydrogens (primary N) is 1. The van der Waals surface area contributed by atoms with Gasteiger partial charge in [0.05, 0.1) is 6.61 Å². The lowest BCUT2D eigenvalue weighted by molar-refractivity contribution is -0.133. The average Bonchev–Trinajstić information content (AvgIpc) is 2.65. The number of anilines is 1. The highest BCUT2D eigenvalue weighted by Crippen LogP contribution is 2.39. The van der Waals surface area contributed by atoms with Gasteiger partial charge in [0.1, 0.15) is 23.6 Å². The topological polar surface area (TPSA) is 131 Å². The van der Waals surface area contributed by atoms with Gasteiger partial charge in [-0.3, -0.25) is 4.57 Å². The van der Waals surface area contributed by atoms with Crippen LogP contribution in [0.5, 0.6) is 0 Å². The van der Waals surface area contributed by atoms with Gasteiger partial charge < -0.3 is 25.8 Å². The highest BCUT2D eigenvalue weighted by molar-refractivity contribution is 5.23. The van der Waals surface area contributed by atoms with E-state index < -0.39 is 36.3 Å². The van der Waals surface area contributed by atoms with Crippen LogP contribution in [0.1, 0.15) is 26.0 Å². The number of hydrogen-bond donors (Lipinski definition) is 4. The van der Waals surface area contributed by atoms with Crippen LogP contribution in [0, 0.1) is 0 Å². The van der Waals surface area contributed by atoms with Crippen molar-refractivity contribution in [1.29, 1.82) is 0 Å². The van der Waals surface area contributed by atoms with Gasteiger partial charge in [-0.25, -0.2) is 4.79 Å². The Morgan fingerprint density at radius 2 is 2.25 bits per heavy atom. The average molecular weight is 285 g/mol. The first-order valence-corrected chi connectivity index (χ1v) is 6.44. The van der Waals surface area contributed by atoms with E-state index >= 15 is 0 Å². The van der Waals surface area contributed by atoms with E-state index in [1.165, 1.54) is 12.3 Å². The molecule has 1 aliphatic heterocycles. The van der Waals surface area contributed by atoms with Gasteiger partial charge in [-0.2, -0.15) is 4.98 Å². The van der Waals surface area contributed by atoms with E-state index in [0.29, 0.717) is 12.8 Å². The van der Waals surface area contributed by atoms with Gasteiger partial charge in [0.25, 0.3) is 0 Å². The summed E-state index contributed by atoms with van der Waals surface area (Å²) >= 11 is 0. The molecule has 0 saturated carbocycles. The molecule has 20 heavy (non-hydrogen) atoms. The molecule has 1 aliphatic rings. The molecular formula is C12H19N3O5. The fourth-order valence-corrected chi connectivity index (χ4v) is 2.53. The van der Waals surface area contributed by atoms with Crippen molar-refractivity contribution in [2.75, 3.05) is 12.3 Å². The Morgan fingerprint density at radius 1 is 1.55 bits per heavy atom. The number of aromatic nitrogens is 2. The van der Waals surface area contributed by atoms with Crippen molar-refractivity contribution in [3.8, 4) is 0 Å². The molecule has 0 radical (unpaired) electrons. The molecule has 1 saturated heterocycles. The molecule has 0 aromatic carbocycles. The van der Waals surface area contributed by atoms with Crippen LogP contribution in [-0.2, 0) is 4.74 Å². The molecule has 1 aromatic rings. The smallest absolute Gasteiger partial charge is 0.351 e. The number of aliphatic hydroxyl groups is 3. The van der Waals surface area contributed by atoms with Gasteiger partial charge in [0.15, 0.2) is 6.23 Å². The lowest BCUT2D eigenvalue weighted by Crippen LogP contribution is -2.46. The molecule has 2 heterocycles. The third kappa shape index (κ3) is 2.31. The summed E-state index contributed by atoms with van der Waals surface area (Å²) in [5.41, 5.74) is 3.43. The number of nitrogens with zero attached hydrogens (tertiary/aromatic N) is 2. The van der Waals surface area contributed by atoms with Crippen molar-refractivity contribution in [2.24, 2.45) is 0 Å². The minimum Gasteiger partial charge on any atom is -0.393 e. The molecule has 0 aliphatic carbocycles. The minimum atomic E-state index is -1.34. The third-order valence-electron chi connectivity index (χ3n) is 3.58. The van der Waals surface area contributed by atoms with Crippen LogP contribution in [-0.4, -0.2) is 49.3 Å². The van der Waals surface area contributed by atoms with E-state index in [4.69, 9.17) is 10.5 Å². The summed E-state index contributed by atoms with van der Waals surface area (Å²) in [4.78, 5) is 15.3. The van der Waals surface area contributed by atoms with Gasteiger partial charge in [-0.05, 0) is 12.5 Å². The maximum absolute atomic E-state index is 11.8. The maximum Gasteiger partial charge on any atom is 0.351 e. The van der Waals surface area contributed by atoms with Crippen molar-refractivity contribution in [3.05, 3.63) is 22.7 Å². The first-order chi connectivity index (χ1) is 9.45. The second kappa shape index (κ2) is 5.49. The Balaban J connectivity index is 2.37. The predicted molar refractivity (Wildman–Crippen MR) is 69.8 cm³/mol. The molecule has 0 spiro atoms. The second-order valence-electron chi connectivity index (χ2n) is 4.96. The van der Waals surface area contributed by atoms with E-state index in [2.05, 4.69) is 4.98 Å². The molecule has 0 amide bonds. The molecule has 2 unspecified atom stereocenters. The molecule has 1 aromatic heterocycles. The largest absolute Gasteiger partial charge is 0.393 e. The van der Waals surface area contributed by atoms with Crippen molar-refractivity contribution in [2.45, 2.75) is 43.8 Å². The Labute approximate surface area is 115 Å². The number of aliphatic hydroxyl groups excluding tert-OH is 3. The van der Waals surface area contributed by atoms with Crippen molar-refractivity contribution in [3.63, 3.8) is 0 Å². The van der Waals surface area contributed by atoms with Crippen LogP contribution in [0.4, 0.5) is 5.82 Å². The number of ether oxygens (including phenoxy) is 1. The van der Waals surface area contributed by atoms with E-state index in [-0.39, 0.29) is 5.82 Å². The van der Waals surface area contributed by atoms with Crippen molar-refractivity contribution in [1.82, 2.24) is 9.55 Å². The fraction of sp³-hybridized carbons (Fsp3) is 0.667. The van der Waals surface area contributed by atoms with Gasteiger partial charge in [0.2, 0.25) is 0 Å². The third-order valence-corrected chi connectivity index (χ3v) is 3.58. The summed E-state index contributed by atoms with van der Waals surface area (Å²) in [6, 6.07) is 1.39.